The number of carboxylic acids is 1. The van der Waals surface area contributed by atoms with Crippen LogP contribution < -0.4 is 0 Å². The van der Waals surface area contributed by atoms with Gasteiger partial charge in [0, 0.05) is 0 Å². The summed E-state index contributed by atoms with van der Waals surface area (Å²) in [4.78, 5) is 11.9. The van der Waals surface area contributed by atoms with Gasteiger partial charge < -0.3 is 5.11 Å². The maximum atomic E-state index is 11.9. The van der Waals surface area contributed by atoms with Crippen molar-refractivity contribution in [1.29, 1.82) is 5.26 Å². The highest BCUT2D eigenvalue weighted by molar-refractivity contribution is 5.92. The number of unbranched alkanes of at least 4 members (excludes halogenated alkanes) is 2. The highest BCUT2D eigenvalue weighted by Crippen LogP contribution is 2.42. The van der Waals surface area contributed by atoms with Crippen molar-refractivity contribution in [2.45, 2.75) is 64.2 Å². The third-order valence-electron chi connectivity index (χ3n) is 6.13. The van der Waals surface area contributed by atoms with Crippen molar-refractivity contribution in [3.63, 3.8) is 0 Å². The predicted molar refractivity (Wildman–Crippen MR) is 112 cm³/mol. The second-order valence-electron chi connectivity index (χ2n) is 7.97. The van der Waals surface area contributed by atoms with Gasteiger partial charge in [-0.2, -0.15) is 5.26 Å². The topological polar surface area (TPSA) is 61.1 Å². The van der Waals surface area contributed by atoms with E-state index in [2.05, 4.69) is 13.0 Å². The smallest absolute Gasteiger partial charge is 0.335 e. The van der Waals surface area contributed by atoms with E-state index in [0.717, 1.165) is 35.4 Å². The maximum Gasteiger partial charge on any atom is 0.335 e. The Hall–Kier alpha value is -2.60. The van der Waals surface area contributed by atoms with Crippen LogP contribution in [0.3, 0.4) is 0 Å². The summed E-state index contributed by atoms with van der Waals surface area (Å²) in [6, 6.07) is 15.2. The van der Waals surface area contributed by atoms with Crippen molar-refractivity contribution >= 4 is 5.97 Å². The lowest BCUT2D eigenvalue weighted by molar-refractivity contribution is 0.0694. The Labute approximate surface area is 168 Å². The second kappa shape index (κ2) is 9.55. The molecule has 3 heteroatoms. The van der Waals surface area contributed by atoms with Crippen LogP contribution in [0.5, 0.6) is 0 Å². The molecule has 1 aliphatic carbocycles. The van der Waals surface area contributed by atoms with E-state index < -0.39 is 5.97 Å². The number of benzene rings is 2. The molecule has 0 unspecified atom stereocenters. The van der Waals surface area contributed by atoms with Crippen LogP contribution in [0.1, 0.15) is 85.7 Å². The second-order valence-corrected chi connectivity index (χ2v) is 7.97. The quantitative estimate of drug-likeness (QED) is 0.543. The summed E-state index contributed by atoms with van der Waals surface area (Å²) in [5.41, 5.74) is 4.01. The van der Waals surface area contributed by atoms with E-state index in [1.807, 2.05) is 24.3 Å². The standard InChI is InChI=1S/C25H29NO2/c1-2-3-4-6-18-9-15-21(16-10-18)24-22(7-5-8-23(24)25(27)28)20-13-11-19(17-26)12-14-20/h5,7-8,11-14,18,21H,2-4,6,9-10,15-16H2,1H3,(H,27,28). The number of nitriles is 1. The Morgan fingerprint density at radius 2 is 1.79 bits per heavy atom. The average Bonchev–Trinajstić information content (AvgIpc) is 2.74. The van der Waals surface area contributed by atoms with Crippen LogP contribution in [0.25, 0.3) is 11.1 Å². The van der Waals surface area contributed by atoms with E-state index in [4.69, 9.17) is 5.26 Å². The first-order valence-corrected chi connectivity index (χ1v) is 10.5. The van der Waals surface area contributed by atoms with Gasteiger partial charge in [-0.05, 0) is 72.4 Å². The van der Waals surface area contributed by atoms with Gasteiger partial charge in [-0.25, -0.2) is 4.79 Å². The SMILES string of the molecule is CCCCCC1CCC(c2c(C(=O)O)cccc2-c2ccc(C#N)cc2)CC1. The van der Waals surface area contributed by atoms with Crippen molar-refractivity contribution in [2.75, 3.05) is 0 Å². The summed E-state index contributed by atoms with van der Waals surface area (Å²) in [6.07, 6.45) is 9.69. The lowest BCUT2D eigenvalue weighted by atomic mass is 9.74. The Balaban J connectivity index is 1.87. The normalized spacial score (nSPS) is 19.1. The summed E-state index contributed by atoms with van der Waals surface area (Å²) >= 11 is 0. The van der Waals surface area contributed by atoms with Gasteiger partial charge in [-0.1, -0.05) is 56.9 Å². The Kier molecular flexibility index (Phi) is 6.87. The summed E-state index contributed by atoms with van der Waals surface area (Å²) in [5.74, 6) is 0.231. The molecule has 2 aromatic carbocycles. The molecular formula is C25H29NO2. The Morgan fingerprint density at radius 1 is 1.07 bits per heavy atom. The summed E-state index contributed by atoms with van der Waals surface area (Å²) in [5, 5.41) is 18.9. The summed E-state index contributed by atoms with van der Waals surface area (Å²) < 4.78 is 0. The maximum absolute atomic E-state index is 11.9. The zero-order valence-corrected chi connectivity index (χ0v) is 16.7. The minimum absolute atomic E-state index is 0.292. The molecule has 146 valence electrons. The first kappa shape index (κ1) is 20.1. The predicted octanol–water partition coefficient (Wildman–Crippen LogP) is 6.78. The number of carbonyl (C=O) groups is 1. The fourth-order valence-electron chi connectivity index (χ4n) is 4.59. The van der Waals surface area contributed by atoms with Gasteiger partial charge in [0.25, 0.3) is 0 Å². The number of rotatable bonds is 7. The number of hydrogen-bond acceptors (Lipinski definition) is 2. The molecule has 0 spiro atoms. The largest absolute Gasteiger partial charge is 0.478 e. The zero-order chi connectivity index (χ0) is 19.9. The fourth-order valence-corrected chi connectivity index (χ4v) is 4.59. The highest BCUT2D eigenvalue weighted by atomic mass is 16.4. The third-order valence-corrected chi connectivity index (χ3v) is 6.13. The van der Waals surface area contributed by atoms with E-state index in [-0.39, 0.29) is 0 Å². The van der Waals surface area contributed by atoms with Crippen molar-refractivity contribution in [2.24, 2.45) is 5.92 Å². The monoisotopic (exact) mass is 375 g/mol. The van der Waals surface area contributed by atoms with Crippen LogP contribution in [0.2, 0.25) is 0 Å². The molecule has 3 rings (SSSR count). The van der Waals surface area contributed by atoms with Gasteiger partial charge in [0.1, 0.15) is 0 Å². The molecule has 0 amide bonds. The first-order valence-electron chi connectivity index (χ1n) is 10.5. The van der Waals surface area contributed by atoms with Crippen LogP contribution in [-0.4, -0.2) is 11.1 Å². The van der Waals surface area contributed by atoms with E-state index in [1.165, 1.54) is 38.5 Å². The minimum Gasteiger partial charge on any atom is -0.478 e. The molecule has 1 saturated carbocycles. The van der Waals surface area contributed by atoms with E-state index in [0.29, 0.717) is 17.0 Å². The van der Waals surface area contributed by atoms with Crippen LogP contribution in [0.4, 0.5) is 0 Å². The molecule has 0 atom stereocenters. The number of carboxylic acid groups (broad SMARTS) is 1. The molecule has 0 bridgehead atoms. The summed E-state index contributed by atoms with van der Waals surface area (Å²) in [6.45, 7) is 2.24. The van der Waals surface area contributed by atoms with Gasteiger partial charge in [0.05, 0.1) is 17.2 Å². The fraction of sp³-hybridized carbons (Fsp3) is 0.440. The third kappa shape index (κ3) is 4.62. The summed E-state index contributed by atoms with van der Waals surface area (Å²) in [7, 11) is 0. The molecule has 1 fully saturated rings. The molecule has 0 radical (unpaired) electrons. The van der Waals surface area contributed by atoms with Crippen molar-refractivity contribution in [3.05, 3.63) is 59.2 Å². The first-order chi connectivity index (χ1) is 13.6. The van der Waals surface area contributed by atoms with Gasteiger partial charge >= 0.3 is 5.97 Å². The molecule has 0 saturated heterocycles. The van der Waals surface area contributed by atoms with Crippen molar-refractivity contribution in [3.8, 4) is 17.2 Å². The zero-order valence-electron chi connectivity index (χ0n) is 16.7. The van der Waals surface area contributed by atoms with Crippen LogP contribution in [0, 0.1) is 17.2 Å². The number of nitrogens with zero attached hydrogens (tertiary/aromatic N) is 1. The Morgan fingerprint density at radius 3 is 2.39 bits per heavy atom. The lowest BCUT2D eigenvalue weighted by Gasteiger charge is -2.31. The van der Waals surface area contributed by atoms with E-state index in [9.17, 15) is 9.90 Å². The molecule has 0 aromatic heterocycles. The molecular weight excluding hydrogens is 346 g/mol. The molecule has 1 N–H and O–H groups in total. The van der Waals surface area contributed by atoms with Gasteiger partial charge in [-0.15, -0.1) is 0 Å². The van der Waals surface area contributed by atoms with Crippen LogP contribution >= 0.6 is 0 Å². The van der Waals surface area contributed by atoms with E-state index >= 15 is 0 Å². The van der Waals surface area contributed by atoms with Gasteiger partial charge in [0.15, 0.2) is 0 Å². The molecule has 0 heterocycles. The highest BCUT2D eigenvalue weighted by Gasteiger charge is 2.27. The number of hydrogen-bond donors (Lipinski definition) is 1. The molecule has 28 heavy (non-hydrogen) atoms. The number of aromatic carboxylic acids is 1. The molecule has 3 nitrogen and oxygen atoms in total. The van der Waals surface area contributed by atoms with E-state index in [1.54, 1.807) is 18.2 Å². The van der Waals surface area contributed by atoms with Gasteiger partial charge in [0.2, 0.25) is 0 Å². The minimum atomic E-state index is -0.851. The Bertz CT molecular complexity index is 840. The van der Waals surface area contributed by atoms with Crippen molar-refractivity contribution in [1.82, 2.24) is 0 Å². The molecule has 0 aliphatic heterocycles. The van der Waals surface area contributed by atoms with Crippen molar-refractivity contribution < 1.29 is 9.90 Å². The van der Waals surface area contributed by atoms with Crippen LogP contribution in [-0.2, 0) is 0 Å². The lowest BCUT2D eigenvalue weighted by Crippen LogP contribution is -2.17. The average molecular weight is 376 g/mol. The molecule has 2 aromatic rings. The van der Waals surface area contributed by atoms with Gasteiger partial charge in [-0.3, -0.25) is 0 Å². The van der Waals surface area contributed by atoms with Crippen LogP contribution in [0.15, 0.2) is 42.5 Å². The molecule has 1 aliphatic rings.